The van der Waals surface area contributed by atoms with Crippen LogP contribution in [0.4, 0.5) is 15.8 Å². The molecular formula is C19H14ClFN2O2S. The van der Waals surface area contributed by atoms with Crippen molar-refractivity contribution in [3.63, 3.8) is 0 Å². The molecule has 0 spiro atoms. The summed E-state index contributed by atoms with van der Waals surface area (Å²) in [6.45, 7) is 0.656. The average molecular weight is 389 g/mol. The molecule has 4 rings (SSSR count). The van der Waals surface area contributed by atoms with Gasteiger partial charge >= 0.3 is 0 Å². The van der Waals surface area contributed by atoms with Gasteiger partial charge in [0.25, 0.3) is 5.91 Å². The summed E-state index contributed by atoms with van der Waals surface area (Å²) < 4.78 is 14.5. The first-order valence-corrected chi connectivity index (χ1v) is 9.32. The number of carbonyl (C=O) groups excluding carboxylic acids is 2. The lowest BCUT2D eigenvalue weighted by Gasteiger charge is -2.17. The zero-order valence-corrected chi connectivity index (χ0v) is 15.2. The van der Waals surface area contributed by atoms with Crippen LogP contribution in [0.15, 0.2) is 42.5 Å². The van der Waals surface area contributed by atoms with Gasteiger partial charge in [0.15, 0.2) is 0 Å². The number of benzene rings is 2. The fourth-order valence-electron chi connectivity index (χ4n) is 3.02. The first kappa shape index (κ1) is 17.0. The van der Waals surface area contributed by atoms with Crippen LogP contribution >= 0.6 is 22.9 Å². The van der Waals surface area contributed by atoms with Crippen molar-refractivity contribution in [2.45, 2.75) is 12.8 Å². The number of halogens is 2. The first-order chi connectivity index (χ1) is 12.5. The summed E-state index contributed by atoms with van der Waals surface area (Å²) in [7, 11) is 0. The molecule has 1 saturated heterocycles. The van der Waals surface area contributed by atoms with E-state index in [2.05, 4.69) is 5.32 Å². The Labute approximate surface area is 158 Å². The molecule has 1 fully saturated rings. The lowest BCUT2D eigenvalue weighted by Crippen LogP contribution is -2.23. The van der Waals surface area contributed by atoms with Crippen molar-refractivity contribution in [2.75, 3.05) is 16.8 Å². The highest BCUT2D eigenvalue weighted by atomic mass is 35.5. The third-order valence-corrected chi connectivity index (χ3v) is 5.74. The Morgan fingerprint density at radius 1 is 1.23 bits per heavy atom. The zero-order chi connectivity index (χ0) is 18.3. The summed E-state index contributed by atoms with van der Waals surface area (Å²) in [6, 6.07) is 11.4. The van der Waals surface area contributed by atoms with Crippen LogP contribution in [0, 0.1) is 5.82 Å². The summed E-state index contributed by atoms with van der Waals surface area (Å²) in [4.78, 5) is 26.6. The summed E-state index contributed by atoms with van der Waals surface area (Å²) >= 11 is 7.41. The van der Waals surface area contributed by atoms with Gasteiger partial charge < -0.3 is 10.2 Å². The third-order valence-electron chi connectivity index (χ3n) is 4.32. The van der Waals surface area contributed by atoms with Crippen LogP contribution in [0.1, 0.15) is 22.5 Å². The number of thiophene rings is 1. The van der Waals surface area contributed by atoms with Crippen LogP contribution in [0.5, 0.6) is 0 Å². The summed E-state index contributed by atoms with van der Waals surface area (Å²) in [5.41, 5.74) is 1.13. The molecule has 132 valence electrons. The predicted molar refractivity (Wildman–Crippen MR) is 103 cm³/mol. The van der Waals surface area contributed by atoms with Gasteiger partial charge in [-0.1, -0.05) is 17.7 Å². The number of nitrogens with one attached hydrogen (secondary N) is 1. The number of amides is 2. The van der Waals surface area contributed by atoms with Crippen LogP contribution in [0.25, 0.3) is 10.1 Å². The van der Waals surface area contributed by atoms with Crippen molar-refractivity contribution < 1.29 is 14.0 Å². The van der Waals surface area contributed by atoms with E-state index in [9.17, 15) is 14.0 Å². The average Bonchev–Trinajstić information content (AvgIpc) is 3.24. The molecule has 1 aliphatic heterocycles. The topological polar surface area (TPSA) is 49.4 Å². The highest BCUT2D eigenvalue weighted by Crippen LogP contribution is 2.32. The van der Waals surface area contributed by atoms with E-state index in [1.54, 1.807) is 35.2 Å². The molecular weight excluding hydrogens is 375 g/mol. The lowest BCUT2D eigenvalue weighted by molar-refractivity contribution is -0.117. The minimum Gasteiger partial charge on any atom is -0.320 e. The quantitative estimate of drug-likeness (QED) is 0.680. The van der Waals surface area contributed by atoms with Gasteiger partial charge in [0.05, 0.1) is 15.6 Å². The van der Waals surface area contributed by atoms with E-state index in [1.165, 1.54) is 23.5 Å². The van der Waals surface area contributed by atoms with Gasteiger partial charge in [-0.05, 0) is 42.8 Å². The molecule has 0 saturated carbocycles. The fraction of sp³-hybridized carbons (Fsp3) is 0.158. The van der Waals surface area contributed by atoms with Crippen LogP contribution in [-0.2, 0) is 4.79 Å². The first-order valence-electron chi connectivity index (χ1n) is 8.12. The van der Waals surface area contributed by atoms with Crippen molar-refractivity contribution >= 4 is 56.2 Å². The van der Waals surface area contributed by atoms with E-state index in [1.807, 2.05) is 0 Å². The standard InChI is InChI=1S/C19H14ClFN2O2S/c20-13-7-6-11(23-8-2-5-18(23)24)9-15(13)22-19(25)17-10-12-14(21)3-1-4-16(12)26-17/h1,3-4,6-7,9-10H,2,5,8H2,(H,22,25). The minimum atomic E-state index is -0.364. The molecule has 1 aromatic heterocycles. The lowest BCUT2D eigenvalue weighted by atomic mass is 10.2. The van der Waals surface area contributed by atoms with Crippen molar-refractivity contribution in [2.24, 2.45) is 0 Å². The predicted octanol–water partition coefficient (Wildman–Crippen LogP) is 5.07. The second kappa shape index (κ2) is 6.70. The summed E-state index contributed by atoms with van der Waals surface area (Å²) in [6.07, 6.45) is 1.34. The number of hydrogen-bond donors (Lipinski definition) is 1. The Hall–Kier alpha value is -2.44. The molecule has 4 nitrogen and oxygen atoms in total. The van der Waals surface area contributed by atoms with Gasteiger partial charge in [0.2, 0.25) is 5.91 Å². The van der Waals surface area contributed by atoms with Crippen molar-refractivity contribution in [3.05, 3.63) is 58.2 Å². The molecule has 2 aromatic carbocycles. The van der Waals surface area contributed by atoms with E-state index < -0.39 is 0 Å². The molecule has 2 amide bonds. The van der Waals surface area contributed by atoms with Gasteiger partial charge in [-0.15, -0.1) is 11.3 Å². The maximum atomic E-state index is 13.8. The number of carbonyl (C=O) groups is 2. The molecule has 1 N–H and O–H groups in total. The van der Waals surface area contributed by atoms with Crippen LogP contribution in [0.3, 0.4) is 0 Å². The van der Waals surface area contributed by atoms with Crippen LogP contribution < -0.4 is 10.2 Å². The van der Waals surface area contributed by atoms with Gasteiger partial charge in [-0.3, -0.25) is 9.59 Å². The number of rotatable bonds is 3. The van der Waals surface area contributed by atoms with Gasteiger partial charge in [-0.25, -0.2) is 4.39 Å². The second-order valence-electron chi connectivity index (χ2n) is 6.03. The Bertz CT molecular complexity index is 1030. The number of hydrogen-bond acceptors (Lipinski definition) is 3. The van der Waals surface area contributed by atoms with Gasteiger partial charge in [0.1, 0.15) is 5.82 Å². The highest BCUT2D eigenvalue weighted by Gasteiger charge is 2.22. The molecule has 0 radical (unpaired) electrons. The molecule has 0 bridgehead atoms. The van der Waals surface area contributed by atoms with Crippen LogP contribution in [0.2, 0.25) is 5.02 Å². The fourth-order valence-corrected chi connectivity index (χ4v) is 4.15. The normalized spacial score (nSPS) is 14.2. The van der Waals surface area contributed by atoms with Crippen LogP contribution in [-0.4, -0.2) is 18.4 Å². The molecule has 3 aromatic rings. The molecule has 0 atom stereocenters. The van der Waals surface area contributed by atoms with Crippen molar-refractivity contribution in [1.82, 2.24) is 0 Å². The number of fused-ring (bicyclic) bond motifs is 1. The van der Waals surface area contributed by atoms with Gasteiger partial charge in [-0.2, -0.15) is 0 Å². The van der Waals surface area contributed by atoms with E-state index in [-0.39, 0.29) is 17.6 Å². The monoisotopic (exact) mass is 388 g/mol. The Morgan fingerprint density at radius 2 is 2.08 bits per heavy atom. The van der Waals surface area contributed by atoms with E-state index in [4.69, 9.17) is 11.6 Å². The minimum absolute atomic E-state index is 0.0598. The van der Waals surface area contributed by atoms with Gasteiger partial charge in [0, 0.05) is 28.7 Å². The SMILES string of the molecule is O=C(Nc1cc(N2CCCC2=O)ccc1Cl)c1cc2c(F)cccc2s1. The molecule has 1 aliphatic rings. The highest BCUT2D eigenvalue weighted by molar-refractivity contribution is 7.20. The van der Waals surface area contributed by atoms with E-state index in [0.717, 1.165) is 6.42 Å². The molecule has 0 unspecified atom stereocenters. The Morgan fingerprint density at radius 3 is 2.81 bits per heavy atom. The molecule has 26 heavy (non-hydrogen) atoms. The molecule has 0 aliphatic carbocycles. The third kappa shape index (κ3) is 3.06. The Balaban J connectivity index is 1.62. The van der Waals surface area contributed by atoms with Crippen molar-refractivity contribution in [3.8, 4) is 0 Å². The summed E-state index contributed by atoms with van der Waals surface area (Å²) in [5, 5.41) is 3.56. The second-order valence-corrected chi connectivity index (χ2v) is 7.52. The zero-order valence-electron chi connectivity index (χ0n) is 13.6. The Kier molecular flexibility index (Phi) is 4.38. The maximum absolute atomic E-state index is 13.8. The smallest absolute Gasteiger partial charge is 0.265 e. The number of anilines is 2. The largest absolute Gasteiger partial charge is 0.320 e. The van der Waals surface area contributed by atoms with Crippen molar-refractivity contribution in [1.29, 1.82) is 0 Å². The maximum Gasteiger partial charge on any atom is 0.265 e. The molecule has 2 heterocycles. The summed E-state index contributed by atoms with van der Waals surface area (Å²) in [5.74, 6) is -0.660. The van der Waals surface area contributed by atoms with E-state index >= 15 is 0 Å². The molecule has 7 heteroatoms. The van der Waals surface area contributed by atoms with E-state index in [0.29, 0.717) is 44.3 Å². The number of nitrogens with zero attached hydrogens (tertiary/aromatic N) is 1.